The van der Waals surface area contributed by atoms with Crippen molar-refractivity contribution < 1.29 is 29.2 Å². The maximum Gasteiger partial charge on any atom is 0.345 e. The third-order valence-corrected chi connectivity index (χ3v) is 2.59. The van der Waals surface area contributed by atoms with E-state index in [9.17, 15) is 25.1 Å². The smallest absolute Gasteiger partial charge is 0.345 e. The molecule has 0 saturated heterocycles. The van der Waals surface area contributed by atoms with Crippen molar-refractivity contribution in [3.63, 3.8) is 0 Å². The number of phenols is 2. The van der Waals surface area contributed by atoms with Gasteiger partial charge in [-0.2, -0.15) is 4.98 Å². The van der Waals surface area contributed by atoms with E-state index in [-0.39, 0.29) is 68.7 Å². The molecule has 2 N–H and O–H groups in total. The zero-order valence-electron chi connectivity index (χ0n) is 11.9. The zero-order chi connectivity index (χ0) is 15.7. The molecule has 0 bridgehead atoms. The summed E-state index contributed by atoms with van der Waals surface area (Å²) < 4.78 is 9.20. The number of aromatic hydroxyl groups is 2. The second kappa shape index (κ2) is 7.15. The molecule has 0 aliphatic carbocycles. The number of ether oxygens (including phenoxy) is 1. The van der Waals surface area contributed by atoms with Crippen molar-refractivity contribution in [1.82, 2.24) is 10.1 Å². The van der Waals surface area contributed by atoms with Crippen molar-refractivity contribution >= 4 is 63.0 Å². The Morgan fingerprint density at radius 3 is 2.55 bits per heavy atom. The molecule has 1 radical (unpaired) electrons. The van der Waals surface area contributed by atoms with E-state index in [2.05, 4.69) is 14.9 Å². The molecule has 1 heterocycles. The van der Waals surface area contributed by atoms with Gasteiger partial charge in [0.1, 0.15) is 0 Å². The van der Waals surface area contributed by atoms with Gasteiger partial charge in [0.2, 0.25) is 17.5 Å². The number of benzene rings is 1. The Morgan fingerprint density at radius 2 is 2.09 bits per heavy atom. The molecular weight excluding hydrogens is 325 g/mol. The van der Waals surface area contributed by atoms with Gasteiger partial charge in [-0.3, -0.25) is 10.1 Å². The molecule has 0 fully saturated rings. The molecule has 0 unspecified atom stereocenters. The van der Waals surface area contributed by atoms with Crippen molar-refractivity contribution in [2.75, 3.05) is 7.11 Å². The number of aryl methyl sites for hydroxylation is 1. The van der Waals surface area contributed by atoms with Crippen LogP contribution in [0, 0.1) is 17.0 Å². The van der Waals surface area contributed by atoms with Crippen LogP contribution in [0.5, 0.6) is 11.5 Å². The van der Waals surface area contributed by atoms with E-state index in [1.165, 1.54) is 6.92 Å². The molecule has 0 aliphatic rings. The third kappa shape index (κ3) is 3.28. The number of methoxy groups -OCH3 is 1. The van der Waals surface area contributed by atoms with Crippen molar-refractivity contribution in [1.29, 1.82) is 0 Å². The molecule has 0 saturated carbocycles. The van der Waals surface area contributed by atoms with E-state index in [0.29, 0.717) is 0 Å². The quantitative estimate of drug-likeness (QED) is 0.273. The van der Waals surface area contributed by atoms with E-state index in [1.54, 1.807) is 0 Å². The monoisotopic (exact) mass is 334 g/mol. The number of aromatic nitrogens is 2. The van der Waals surface area contributed by atoms with Crippen LogP contribution in [0.25, 0.3) is 11.4 Å². The SMILES string of the molecule is COC(=O)c1c(-c2noc(C)n2)cc(O)c(O)c1[N+](=O)[O-].[K]. The topological polar surface area (TPSA) is 149 Å². The number of hydrogen-bond acceptors (Lipinski definition) is 9. The predicted molar refractivity (Wildman–Crippen MR) is 71.5 cm³/mol. The average Bonchev–Trinajstić information content (AvgIpc) is 2.86. The summed E-state index contributed by atoms with van der Waals surface area (Å²) in [6, 6.07) is 0.916. The molecule has 2 aromatic rings. The minimum absolute atomic E-state index is 0. The van der Waals surface area contributed by atoms with Gasteiger partial charge >= 0.3 is 11.7 Å². The number of phenolic OH excluding ortho intramolecular Hbond substituents is 2. The van der Waals surface area contributed by atoms with Crippen molar-refractivity contribution in [3.8, 4) is 22.9 Å². The molecule has 0 atom stereocenters. The standard InChI is InChI=1S/C11H9N3O7.K/c1-4-12-10(13-21-4)5-3-6(15)9(16)8(14(18)19)7(5)11(17)20-2;/h3,15-16H,1-2H3;. The number of nitro groups is 1. The fourth-order valence-corrected chi connectivity index (χ4v) is 1.72. The van der Waals surface area contributed by atoms with Gasteiger partial charge in [-0.05, 0) is 6.07 Å². The second-order valence-corrected chi connectivity index (χ2v) is 3.90. The molecule has 11 heteroatoms. The molecule has 1 aromatic heterocycles. The van der Waals surface area contributed by atoms with Gasteiger partial charge in [-0.15, -0.1) is 0 Å². The van der Waals surface area contributed by atoms with Crippen LogP contribution in [0.4, 0.5) is 5.69 Å². The Labute approximate surface area is 165 Å². The summed E-state index contributed by atoms with van der Waals surface area (Å²) in [4.78, 5) is 25.7. The maximum absolute atomic E-state index is 11.8. The number of carbonyl (C=O) groups excluding carboxylic acids is 1. The normalized spacial score (nSPS) is 9.91. The Balaban J connectivity index is 0.00000242. The number of hydrogen-bond donors (Lipinski definition) is 2. The van der Waals surface area contributed by atoms with E-state index in [1.807, 2.05) is 0 Å². The van der Waals surface area contributed by atoms with Gasteiger partial charge in [0.15, 0.2) is 11.3 Å². The van der Waals surface area contributed by atoms with Crippen LogP contribution in [0.2, 0.25) is 0 Å². The summed E-state index contributed by atoms with van der Waals surface area (Å²) in [5.41, 5.74) is -1.78. The van der Waals surface area contributed by atoms with Crippen molar-refractivity contribution in [3.05, 3.63) is 27.6 Å². The average molecular weight is 334 g/mol. The van der Waals surface area contributed by atoms with Gasteiger partial charge in [0.05, 0.1) is 12.0 Å². The number of esters is 1. The molecule has 0 amide bonds. The Kier molecular flexibility index (Phi) is 6.02. The largest absolute Gasteiger partial charge is 0.504 e. The van der Waals surface area contributed by atoms with E-state index in [0.717, 1.165) is 13.2 Å². The van der Waals surface area contributed by atoms with Crippen LogP contribution in [-0.2, 0) is 4.74 Å². The molecule has 2 rings (SSSR count). The van der Waals surface area contributed by atoms with Gasteiger partial charge in [0.25, 0.3) is 0 Å². The molecule has 10 nitrogen and oxygen atoms in total. The maximum atomic E-state index is 11.8. The van der Waals surface area contributed by atoms with Gasteiger partial charge in [-0.1, -0.05) is 5.16 Å². The molecule has 0 spiro atoms. The summed E-state index contributed by atoms with van der Waals surface area (Å²) in [5.74, 6) is -2.95. The molecular formula is C11H9KN3O7. The van der Waals surface area contributed by atoms with Gasteiger partial charge < -0.3 is 19.5 Å². The first-order valence-electron chi connectivity index (χ1n) is 5.49. The molecule has 1 aromatic carbocycles. The molecule has 22 heavy (non-hydrogen) atoms. The van der Waals surface area contributed by atoms with Crippen LogP contribution in [0.15, 0.2) is 10.6 Å². The fourth-order valence-electron chi connectivity index (χ4n) is 1.72. The van der Waals surface area contributed by atoms with Gasteiger partial charge in [0, 0.05) is 63.9 Å². The van der Waals surface area contributed by atoms with Crippen LogP contribution < -0.4 is 0 Å². The second-order valence-electron chi connectivity index (χ2n) is 3.90. The summed E-state index contributed by atoms with van der Waals surface area (Å²) in [6.45, 7) is 1.48. The predicted octanol–water partition coefficient (Wildman–Crippen LogP) is 0.770. The number of carbonyl (C=O) groups is 1. The number of rotatable bonds is 3. The first-order valence-corrected chi connectivity index (χ1v) is 5.49. The summed E-state index contributed by atoms with van der Waals surface area (Å²) >= 11 is 0. The van der Waals surface area contributed by atoms with Crippen LogP contribution in [-0.4, -0.2) is 89.7 Å². The Bertz CT molecular complexity index is 744. The fraction of sp³-hybridized carbons (Fsp3) is 0.182. The van der Waals surface area contributed by atoms with E-state index < -0.39 is 33.6 Å². The third-order valence-electron chi connectivity index (χ3n) is 2.59. The molecule has 0 aliphatic heterocycles. The van der Waals surface area contributed by atoms with Crippen LogP contribution in [0.1, 0.15) is 16.2 Å². The minimum atomic E-state index is -1.09. The van der Waals surface area contributed by atoms with Crippen molar-refractivity contribution in [2.24, 2.45) is 0 Å². The Morgan fingerprint density at radius 1 is 1.45 bits per heavy atom. The van der Waals surface area contributed by atoms with E-state index in [4.69, 9.17) is 4.52 Å². The zero-order valence-corrected chi connectivity index (χ0v) is 15.0. The molecule has 111 valence electrons. The van der Waals surface area contributed by atoms with Crippen LogP contribution in [0.3, 0.4) is 0 Å². The van der Waals surface area contributed by atoms with E-state index >= 15 is 0 Å². The van der Waals surface area contributed by atoms with Gasteiger partial charge in [-0.25, -0.2) is 4.79 Å². The van der Waals surface area contributed by atoms with Crippen molar-refractivity contribution in [2.45, 2.75) is 6.92 Å². The summed E-state index contributed by atoms with van der Waals surface area (Å²) in [6.07, 6.45) is 0. The first-order chi connectivity index (χ1) is 9.86. The Hall–Kier alpha value is -1.53. The summed E-state index contributed by atoms with van der Waals surface area (Å²) in [5, 5.41) is 33.8. The number of nitrogens with zero attached hydrogens (tertiary/aromatic N) is 3. The first kappa shape index (κ1) is 18.5. The summed E-state index contributed by atoms with van der Waals surface area (Å²) in [7, 11) is 1.02. The minimum Gasteiger partial charge on any atom is -0.504 e. The number of nitro benzene ring substituents is 1. The van der Waals surface area contributed by atoms with Crippen LogP contribution >= 0.6 is 0 Å².